The molecule has 1 N–H and O–H groups in total. The Morgan fingerprint density at radius 1 is 1.29 bits per heavy atom. The van der Waals surface area contributed by atoms with Crippen LogP contribution < -0.4 is 9.47 Å². The number of nitrogens with zero attached hydrogens (tertiary/aromatic N) is 1. The molecule has 2 rings (SSSR count). The molecule has 0 spiro atoms. The average Bonchev–Trinajstić information content (AvgIpc) is 2.49. The maximum atomic E-state index is 10.7. The molecule has 0 aliphatic heterocycles. The molecule has 0 saturated heterocycles. The molecule has 7 heteroatoms. The average molecular weight is 310 g/mol. The van der Waals surface area contributed by atoms with Crippen molar-refractivity contribution in [1.82, 2.24) is 0 Å². The van der Waals surface area contributed by atoms with Crippen LogP contribution in [0.2, 0.25) is 5.02 Å². The van der Waals surface area contributed by atoms with Crippen LogP contribution in [0.15, 0.2) is 36.4 Å². The summed E-state index contributed by atoms with van der Waals surface area (Å²) in [5.41, 5.74) is 0.392. The van der Waals surface area contributed by atoms with Gasteiger partial charge in [0.15, 0.2) is 17.2 Å². The fourth-order valence-corrected chi connectivity index (χ4v) is 1.99. The van der Waals surface area contributed by atoms with Gasteiger partial charge in [0.2, 0.25) is 0 Å². The topological polar surface area (TPSA) is 81.8 Å². The Labute approximate surface area is 125 Å². The van der Waals surface area contributed by atoms with E-state index in [4.69, 9.17) is 21.1 Å². The van der Waals surface area contributed by atoms with Crippen LogP contribution in [-0.2, 0) is 6.61 Å². The molecular formula is C14H12ClNO5. The molecular weight excluding hydrogens is 298 g/mol. The van der Waals surface area contributed by atoms with Gasteiger partial charge in [-0.2, -0.15) is 0 Å². The first-order valence-corrected chi connectivity index (χ1v) is 6.33. The zero-order chi connectivity index (χ0) is 15.4. The predicted octanol–water partition coefficient (Wildman–Crippen LogP) is 3.54. The molecule has 2 aromatic carbocycles. The van der Waals surface area contributed by atoms with E-state index in [9.17, 15) is 15.2 Å². The van der Waals surface area contributed by atoms with Crippen LogP contribution >= 0.6 is 11.6 Å². The highest BCUT2D eigenvalue weighted by Gasteiger charge is 2.15. The van der Waals surface area contributed by atoms with E-state index in [0.717, 1.165) is 0 Å². The summed E-state index contributed by atoms with van der Waals surface area (Å²) in [6, 6.07) is 8.94. The lowest BCUT2D eigenvalue weighted by Gasteiger charge is -2.13. The number of methoxy groups -OCH3 is 1. The first-order chi connectivity index (χ1) is 10.1. The minimum atomic E-state index is -0.527. The first-order valence-electron chi connectivity index (χ1n) is 5.95. The van der Waals surface area contributed by atoms with E-state index >= 15 is 0 Å². The molecule has 0 bridgehead atoms. The molecule has 0 radical (unpaired) electrons. The number of hydrogen-bond donors (Lipinski definition) is 1. The van der Waals surface area contributed by atoms with Crippen LogP contribution in [0.1, 0.15) is 5.56 Å². The van der Waals surface area contributed by atoms with E-state index in [1.165, 1.54) is 25.3 Å². The summed E-state index contributed by atoms with van der Waals surface area (Å²) in [5.74, 6) is 0.757. The van der Waals surface area contributed by atoms with Gasteiger partial charge >= 0.3 is 0 Å². The molecule has 0 unspecified atom stereocenters. The Morgan fingerprint density at radius 2 is 2.05 bits per heavy atom. The predicted molar refractivity (Wildman–Crippen MR) is 77.1 cm³/mol. The van der Waals surface area contributed by atoms with Crippen molar-refractivity contribution >= 4 is 17.3 Å². The summed E-state index contributed by atoms with van der Waals surface area (Å²) in [6.07, 6.45) is 0. The number of rotatable bonds is 5. The third-order valence-electron chi connectivity index (χ3n) is 2.79. The van der Waals surface area contributed by atoms with Crippen molar-refractivity contribution in [1.29, 1.82) is 0 Å². The SMILES string of the molecule is COc1cc([N+](=O)[O-])ccc1Oc1c(Cl)cccc1CO. The van der Waals surface area contributed by atoms with Crippen molar-refractivity contribution < 1.29 is 19.5 Å². The lowest BCUT2D eigenvalue weighted by Crippen LogP contribution is -1.96. The van der Waals surface area contributed by atoms with Gasteiger partial charge in [0.05, 0.1) is 29.7 Å². The molecule has 110 valence electrons. The molecule has 0 aliphatic carbocycles. The fraction of sp³-hybridized carbons (Fsp3) is 0.143. The van der Waals surface area contributed by atoms with Gasteiger partial charge in [0.25, 0.3) is 5.69 Å². The first kappa shape index (κ1) is 15.1. The number of para-hydroxylation sites is 1. The summed E-state index contributed by atoms with van der Waals surface area (Å²) in [5, 5.41) is 20.4. The van der Waals surface area contributed by atoms with Crippen molar-refractivity contribution in [2.45, 2.75) is 6.61 Å². The zero-order valence-electron chi connectivity index (χ0n) is 11.1. The van der Waals surface area contributed by atoms with Crippen LogP contribution in [0.5, 0.6) is 17.2 Å². The molecule has 0 atom stereocenters. The standard InChI is InChI=1S/C14H12ClNO5/c1-20-13-7-10(16(18)19)5-6-12(13)21-14-9(8-17)3-2-4-11(14)15/h2-7,17H,8H2,1H3. The van der Waals surface area contributed by atoms with Gasteiger partial charge in [-0.3, -0.25) is 10.1 Å². The lowest BCUT2D eigenvalue weighted by atomic mass is 10.2. The Kier molecular flexibility index (Phi) is 4.62. The van der Waals surface area contributed by atoms with E-state index in [0.29, 0.717) is 10.6 Å². The molecule has 6 nitrogen and oxygen atoms in total. The Morgan fingerprint density at radius 3 is 2.67 bits per heavy atom. The second kappa shape index (κ2) is 6.43. The second-order valence-electron chi connectivity index (χ2n) is 4.08. The highest BCUT2D eigenvalue weighted by atomic mass is 35.5. The Bertz CT molecular complexity index is 674. The van der Waals surface area contributed by atoms with Crippen LogP contribution in [-0.4, -0.2) is 17.1 Å². The van der Waals surface area contributed by atoms with Gasteiger partial charge < -0.3 is 14.6 Å². The minimum Gasteiger partial charge on any atom is -0.493 e. The van der Waals surface area contributed by atoms with Crippen molar-refractivity contribution in [3.05, 3.63) is 57.1 Å². The Balaban J connectivity index is 2.42. The Hall–Kier alpha value is -2.31. The number of nitro groups is 1. The zero-order valence-corrected chi connectivity index (χ0v) is 11.8. The van der Waals surface area contributed by atoms with Crippen LogP contribution in [0.25, 0.3) is 0 Å². The molecule has 0 fully saturated rings. The summed E-state index contributed by atoms with van der Waals surface area (Å²) in [4.78, 5) is 10.2. The summed E-state index contributed by atoms with van der Waals surface area (Å²) in [7, 11) is 1.38. The quantitative estimate of drug-likeness (QED) is 0.674. The monoisotopic (exact) mass is 309 g/mol. The van der Waals surface area contributed by atoms with Gasteiger partial charge in [-0.25, -0.2) is 0 Å². The van der Waals surface area contributed by atoms with Crippen LogP contribution in [0.3, 0.4) is 0 Å². The van der Waals surface area contributed by atoms with Crippen LogP contribution in [0, 0.1) is 10.1 Å². The highest BCUT2D eigenvalue weighted by Crippen LogP contribution is 2.38. The fourth-order valence-electron chi connectivity index (χ4n) is 1.76. The third-order valence-corrected chi connectivity index (χ3v) is 3.09. The second-order valence-corrected chi connectivity index (χ2v) is 4.49. The lowest BCUT2D eigenvalue weighted by molar-refractivity contribution is -0.384. The number of aliphatic hydroxyl groups is 1. The third kappa shape index (κ3) is 3.24. The molecule has 0 saturated carbocycles. The van der Waals surface area contributed by atoms with Gasteiger partial charge in [-0.05, 0) is 12.1 Å². The van der Waals surface area contributed by atoms with Crippen molar-refractivity contribution in [3.8, 4) is 17.2 Å². The van der Waals surface area contributed by atoms with E-state index < -0.39 is 4.92 Å². The number of benzene rings is 2. The summed E-state index contributed by atoms with van der Waals surface area (Å²) in [6.45, 7) is -0.245. The summed E-state index contributed by atoms with van der Waals surface area (Å²) >= 11 is 6.05. The number of ether oxygens (including phenoxy) is 2. The summed E-state index contributed by atoms with van der Waals surface area (Å²) < 4.78 is 10.7. The van der Waals surface area contributed by atoms with Gasteiger partial charge in [-0.1, -0.05) is 23.7 Å². The van der Waals surface area contributed by atoms with Gasteiger partial charge in [-0.15, -0.1) is 0 Å². The van der Waals surface area contributed by atoms with E-state index in [2.05, 4.69) is 0 Å². The van der Waals surface area contributed by atoms with Crippen LogP contribution in [0.4, 0.5) is 5.69 Å². The van der Waals surface area contributed by atoms with E-state index in [-0.39, 0.29) is 29.5 Å². The normalized spacial score (nSPS) is 10.2. The van der Waals surface area contributed by atoms with Crippen molar-refractivity contribution in [3.63, 3.8) is 0 Å². The van der Waals surface area contributed by atoms with Gasteiger partial charge in [0, 0.05) is 11.6 Å². The molecule has 21 heavy (non-hydrogen) atoms. The van der Waals surface area contributed by atoms with Crippen molar-refractivity contribution in [2.24, 2.45) is 0 Å². The van der Waals surface area contributed by atoms with Gasteiger partial charge in [0.1, 0.15) is 0 Å². The van der Waals surface area contributed by atoms with Crippen molar-refractivity contribution in [2.75, 3.05) is 7.11 Å². The van der Waals surface area contributed by atoms with E-state index in [1.807, 2.05) is 0 Å². The number of halogens is 1. The maximum Gasteiger partial charge on any atom is 0.273 e. The number of non-ortho nitro benzene ring substituents is 1. The maximum absolute atomic E-state index is 10.7. The largest absolute Gasteiger partial charge is 0.493 e. The molecule has 2 aromatic rings. The number of aliphatic hydroxyl groups excluding tert-OH is 1. The molecule has 0 heterocycles. The minimum absolute atomic E-state index is 0.110. The molecule has 0 aliphatic rings. The smallest absolute Gasteiger partial charge is 0.273 e. The number of nitro benzene ring substituents is 1. The molecule has 0 amide bonds. The van der Waals surface area contributed by atoms with E-state index in [1.54, 1.807) is 18.2 Å². The molecule has 0 aromatic heterocycles. The highest BCUT2D eigenvalue weighted by molar-refractivity contribution is 6.32. The number of hydrogen-bond acceptors (Lipinski definition) is 5.